The Balaban J connectivity index is 2.32. The van der Waals surface area contributed by atoms with Gasteiger partial charge in [-0.2, -0.15) is 0 Å². The summed E-state index contributed by atoms with van der Waals surface area (Å²) in [6.07, 6.45) is 2.51. The molecule has 1 atom stereocenters. The first-order chi connectivity index (χ1) is 7.89. The lowest BCUT2D eigenvalue weighted by atomic mass is 9.87. The van der Waals surface area contributed by atoms with Crippen LogP contribution >= 0.6 is 0 Å². The quantitative estimate of drug-likeness (QED) is 0.702. The Bertz CT molecular complexity index is 342. The third kappa shape index (κ3) is 5.54. The van der Waals surface area contributed by atoms with Gasteiger partial charge >= 0.3 is 0 Å². The molecule has 0 aliphatic heterocycles. The van der Waals surface area contributed by atoms with Crippen molar-refractivity contribution in [3.05, 3.63) is 24.0 Å². The van der Waals surface area contributed by atoms with Gasteiger partial charge in [0.05, 0.1) is 12.5 Å². The SMILES string of the molecule is CC(O)CC(C)(C)CNC(=O)Cc1ccc[nH]1. The van der Waals surface area contributed by atoms with Crippen molar-refractivity contribution in [1.29, 1.82) is 0 Å². The van der Waals surface area contributed by atoms with Gasteiger partial charge in [-0.25, -0.2) is 0 Å². The first-order valence-corrected chi connectivity index (χ1v) is 5.96. The molecule has 1 amide bonds. The van der Waals surface area contributed by atoms with Crippen molar-refractivity contribution in [1.82, 2.24) is 10.3 Å². The molecular weight excluding hydrogens is 216 g/mol. The molecular formula is C13H22N2O2. The minimum absolute atomic E-state index is 0.00566. The summed E-state index contributed by atoms with van der Waals surface area (Å²) in [4.78, 5) is 14.6. The highest BCUT2D eigenvalue weighted by molar-refractivity contribution is 5.78. The van der Waals surface area contributed by atoms with Gasteiger partial charge in [0.1, 0.15) is 0 Å². The fraction of sp³-hybridized carbons (Fsp3) is 0.615. The molecule has 0 radical (unpaired) electrons. The summed E-state index contributed by atoms with van der Waals surface area (Å²) in [5, 5.41) is 12.2. The molecule has 1 heterocycles. The first-order valence-electron chi connectivity index (χ1n) is 5.96. The Kier molecular flexibility index (Phi) is 4.75. The molecule has 1 aromatic heterocycles. The van der Waals surface area contributed by atoms with Gasteiger partial charge in [0.2, 0.25) is 5.91 Å². The summed E-state index contributed by atoms with van der Waals surface area (Å²) in [6.45, 7) is 6.42. The molecule has 4 nitrogen and oxygen atoms in total. The van der Waals surface area contributed by atoms with E-state index in [9.17, 15) is 9.90 Å². The first kappa shape index (κ1) is 13.8. The van der Waals surface area contributed by atoms with Gasteiger partial charge in [-0.1, -0.05) is 13.8 Å². The highest BCUT2D eigenvalue weighted by atomic mass is 16.3. The lowest BCUT2D eigenvalue weighted by Gasteiger charge is -2.26. The van der Waals surface area contributed by atoms with Crippen molar-refractivity contribution in [3.63, 3.8) is 0 Å². The van der Waals surface area contributed by atoms with Gasteiger partial charge in [0.25, 0.3) is 0 Å². The summed E-state index contributed by atoms with van der Waals surface area (Å²) in [6, 6.07) is 3.76. The molecule has 0 saturated heterocycles. The zero-order valence-electron chi connectivity index (χ0n) is 10.8. The van der Waals surface area contributed by atoms with Crippen LogP contribution in [0.15, 0.2) is 18.3 Å². The molecule has 0 saturated carbocycles. The molecule has 4 heteroatoms. The highest BCUT2D eigenvalue weighted by Gasteiger charge is 2.21. The Morgan fingerprint density at radius 3 is 2.82 bits per heavy atom. The molecule has 0 bridgehead atoms. The maximum absolute atomic E-state index is 11.6. The maximum Gasteiger partial charge on any atom is 0.225 e. The van der Waals surface area contributed by atoms with Crippen molar-refractivity contribution in [3.8, 4) is 0 Å². The minimum Gasteiger partial charge on any atom is -0.393 e. The second kappa shape index (κ2) is 5.87. The number of H-pyrrole nitrogens is 1. The molecule has 3 N–H and O–H groups in total. The topological polar surface area (TPSA) is 65.1 Å². The Morgan fingerprint density at radius 2 is 2.29 bits per heavy atom. The number of carbonyl (C=O) groups is 1. The second-order valence-electron chi connectivity index (χ2n) is 5.37. The van der Waals surface area contributed by atoms with Gasteiger partial charge in [-0.3, -0.25) is 4.79 Å². The van der Waals surface area contributed by atoms with Crippen molar-refractivity contribution >= 4 is 5.91 Å². The van der Waals surface area contributed by atoms with Crippen LogP contribution in [0.4, 0.5) is 0 Å². The molecule has 96 valence electrons. The van der Waals surface area contributed by atoms with Gasteiger partial charge in [0.15, 0.2) is 0 Å². The molecule has 0 aliphatic rings. The van der Waals surface area contributed by atoms with E-state index in [0.717, 1.165) is 5.69 Å². The van der Waals surface area contributed by atoms with Crippen molar-refractivity contribution < 1.29 is 9.90 Å². The Labute approximate surface area is 102 Å². The number of carbonyl (C=O) groups excluding carboxylic acids is 1. The monoisotopic (exact) mass is 238 g/mol. The molecule has 1 unspecified atom stereocenters. The van der Waals surface area contributed by atoms with Crippen LogP contribution in [0.3, 0.4) is 0 Å². The second-order valence-corrected chi connectivity index (χ2v) is 5.37. The van der Waals surface area contributed by atoms with Crippen LogP contribution in [0.1, 0.15) is 32.9 Å². The summed E-state index contributed by atoms with van der Waals surface area (Å²) in [7, 11) is 0. The van der Waals surface area contributed by atoms with Crippen LogP contribution in [0.2, 0.25) is 0 Å². The van der Waals surface area contributed by atoms with E-state index in [1.54, 1.807) is 13.1 Å². The molecule has 0 aromatic carbocycles. The number of rotatable bonds is 6. The van der Waals surface area contributed by atoms with Crippen LogP contribution in [-0.4, -0.2) is 28.6 Å². The van der Waals surface area contributed by atoms with E-state index in [0.29, 0.717) is 19.4 Å². The highest BCUT2D eigenvalue weighted by Crippen LogP contribution is 2.20. The number of hydrogen-bond acceptors (Lipinski definition) is 2. The number of aliphatic hydroxyl groups is 1. The van der Waals surface area contributed by atoms with E-state index in [4.69, 9.17) is 0 Å². The normalized spacial score (nSPS) is 13.4. The van der Waals surface area contributed by atoms with Crippen molar-refractivity contribution in [2.45, 2.75) is 39.7 Å². The van der Waals surface area contributed by atoms with Crippen molar-refractivity contribution in [2.75, 3.05) is 6.54 Å². The van der Waals surface area contributed by atoms with Gasteiger partial charge in [-0.15, -0.1) is 0 Å². The lowest BCUT2D eigenvalue weighted by Crippen LogP contribution is -2.36. The van der Waals surface area contributed by atoms with Gasteiger partial charge in [0, 0.05) is 18.4 Å². The fourth-order valence-electron chi connectivity index (χ4n) is 1.92. The molecule has 0 aliphatic carbocycles. The summed E-state index contributed by atoms with van der Waals surface area (Å²) in [5.41, 5.74) is 0.829. The van der Waals surface area contributed by atoms with E-state index in [1.165, 1.54) is 0 Å². The average molecular weight is 238 g/mol. The number of aromatic amines is 1. The smallest absolute Gasteiger partial charge is 0.225 e. The number of aliphatic hydroxyl groups excluding tert-OH is 1. The summed E-state index contributed by atoms with van der Waals surface area (Å²) in [5.74, 6) is 0.00566. The lowest BCUT2D eigenvalue weighted by molar-refractivity contribution is -0.121. The van der Waals surface area contributed by atoms with E-state index in [2.05, 4.69) is 10.3 Å². The summed E-state index contributed by atoms with van der Waals surface area (Å²) >= 11 is 0. The molecule has 0 fully saturated rings. The molecule has 1 aromatic rings. The number of hydrogen-bond donors (Lipinski definition) is 3. The van der Waals surface area contributed by atoms with Crippen LogP contribution in [0.5, 0.6) is 0 Å². The maximum atomic E-state index is 11.6. The van der Waals surface area contributed by atoms with Crippen molar-refractivity contribution in [2.24, 2.45) is 5.41 Å². The predicted octanol–water partition coefficient (Wildman–Crippen LogP) is 1.47. The van der Waals surface area contributed by atoms with Gasteiger partial charge < -0.3 is 15.4 Å². The number of amides is 1. The van der Waals surface area contributed by atoms with Crippen LogP contribution in [-0.2, 0) is 11.2 Å². The third-order valence-corrected chi connectivity index (χ3v) is 2.63. The van der Waals surface area contributed by atoms with Crippen LogP contribution in [0.25, 0.3) is 0 Å². The minimum atomic E-state index is -0.342. The van der Waals surface area contributed by atoms with Gasteiger partial charge in [-0.05, 0) is 30.9 Å². The third-order valence-electron chi connectivity index (χ3n) is 2.63. The molecule has 0 spiro atoms. The zero-order valence-corrected chi connectivity index (χ0v) is 10.8. The predicted molar refractivity (Wildman–Crippen MR) is 67.6 cm³/mol. The molecule has 1 rings (SSSR count). The number of aromatic nitrogens is 1. The summed E-state index contributed by atoms with van der Waals surface area (Å²) < 4.78 is 0. The van der Waals surface area contributed by atoms with E-state index in [-0.39, 0.29) is 17.4 Å². The largest absolute Gasteiger partial charge is 0.393 e. The van der Waals surface area contributed by atoms with E-state index >= 15 is 0 Å². The fourth-order valence-corrected chi connectivity index (χ4v) is 1.92. The van der Waals surface area contributed by atoms with Crippen LogP contribution in [0, 0.1) is 5.41 Å². The molecule has 17 heavy (non-hydrogen) atoms. The standard InChI is InChI=1S/C13H22N2O2/c1-10(16)8-13(2,3)9-15-12(17)7-11-5-4-6-14-11/h4-6,10,14,16H,7-9H2,1-3H3,(H,15,17). The Morgan fingerprint density at radius 1 is 1.59 bits per heavy atom. The van der Waals surface area contributed by atoms with Crippen LogP contribution < -0.4 is 5.32 Å². The zero-order chi connectivity index (χ0) is 12.9. The van der Waals surface area contributed by atoms with E-state index in [1.807, 2.05) is 26.0 Å². The Hall–Kier alpha value is -1.29. The average Bonchev–Trinajstić information content (AvgIpc) is 2.65. The number of nitrogens with one attached hydrogen (secondary N) is 2. The van der Waals surface area contributed by atoms with E-state index < -0.39 is 0 Å².